The van der Waals surface area contributed by atoms with Crippen LogP contribution in [0.15, 0.2) is 54.6 Å². The first-order valence-electron chi connectivity index (χ1n) is 9.20. The molecule has 0 saturated heterocycles. The van der Waals surface area contributed by atoms with Gasteiger partial charge in [0.25, 0.3) is 0 Å². The van der Waals surface area contributed by atoms with E-state index in [0.29, 0.717) is 6.04 Å². The molecule has 0 fully saturated rings. The van der Waals surface area contributed by atoms with Gasteiger partial charge < -0.3 is 10.2 Å². The van der Waals surface area contributed by atoms with E-state index in [4.69, 9.17) is 0 Å². The van der Waals surface area contributed by atoms with Gasteiger partial charge in [-0.15, -0.1) is 0 Å². The van der Waals surface area contributed by atoms with Crippen LogP contribution in [0.4, 0.5) is 4.39 Å². The number of hydrogen-bond acceptors (Lipinski definition) is 3. The summed E-state index contributed by atoms with van der Waals surface area (Å²) in [6, 6.07) is 17.3. The van der Waals surface area contributed by atoms with Gasteiger partial charge >= 0.3 is 0 Å². The largest absolute Gasteiger partial charge is 0.311 e. The first kappa shape index (κ1) is 19.3. The second-order valence-electron chi connectivity index (χ2n) is 7.06. The smallest absolute Gasteiger partial charge is 0.123 e. The van der Waals surface area contributed by atoms with Gasteiger partial charge in [-0.3, -0.25) is 0 Å². The molecule has 5 heteroatoms. The molecule has 1 aromatic heterocycles. The lowest BCUT2D eigenvalue weighted by Crippen LogP contribution is -2.31. The van der Waals surface area contributed by atoms with Crippen LogP contribution in [-0.2, 0) is 6.54 Å². The fourth-order valence-corrected chi connectivity index (χ4v) is 3.37. The highest BCUT2D eigenvalue weighted by molar-refractivity contribution is 5.37. The number of nitrogens with one attached hydrogen (secondary N) is 1. The quantitative estimate of drug-likeness (QED) is 0.686. The first-order valence-corrected chi connectivity index (χ1v) is 9.20. The van der Waals surface area contributed by atoms with Crippen molar-refractivity contribution < 1.29 is 4.39 Å². The third kappa shape index (κ3) is 4.43. The summed E-state index contributed by atoms with van der Waals surface area (Å²) < 4.78 is 15.1. The number of nitrogens with zero attached hydrogens (tertiary/aromatic N) is 3. The Balaban J connectivity index is 1.72. The lowest BCUT2D eigenvalue weighted by Gasteiger charge is -2.25. The first-order chi connectivity index (χ1) is 13.0. The molecule has 0 aliphatic rings. The maximum atomic E-state index is 13.2. The SMILES string of the molecule is Cc1nn(-c2ccc(F)cc2)c(C)c1CNCC(c1ccccc1)N(C)C. The average molecular weight is 366 g/mol. The number of hydrogen-bond donors (Lipinski definition) is 1. The van der Waals surface area contributed by atoms with E-state index >= 15 is 0 Å². The fraction of sp³-hybridized carbons (Fsp3) is 0.318. The summed E-state index contributed by atoms with van der Waals surface area (Å²) in [7, 11) is 4.20. The average Bonchev–Trinajstić information content (AvgIpc) is 2.94. The number of rotatable bonds is 7. The van der Waals surface area contributed by atoms with Crippen LogP contribution in [0, 0.1) is 19.7 Å². The van der Waals surface area contributed by atoms with Crippen LogP contribution in [0.3, 0.4) is 0 Å². The Morgan fingerprint density at radius 3 is 2.33 bits per heavy atom. The van der Waals surface area contributed by atoms with Crippen molar-refractivity contribution in [1.82, 2.24) is 20.0 Å². The molecule has 1 unspecified atom stereocenters. The van der Waals surface area contributed by atoms with Crippen molar-refractivity contribution >= 4 is 0 Å². The standard InChI is InChI=1S/C22H27FN4/c1-16-21(17(2)27(25-16)20-12-10-19(23)11-13-20)14-24-15-22(26(3)4)18-8-6-5-7-9-18/h5-13,22,24H,14-15H2,1-4H3. The summed E-state index contributed by atoms with van der Waals surface area (Å²) in [5.41, 5.74) is 5.42. The third-order valence-corrected chi connectivity index (χ3v) is 4.96. The second kappa shape index (κ2) is 8.46. The zero-order chi connectivity index (χ0) is 19.4. The molecule has 2 aromatic carbocycles. The second-order valence-corrected chi connectivity index (χ2v) is 7.06. The molecule has 27 heavy (non-hydrogen) atoms. The lowest BCUT2D eigenvalue weighted by molar-refractivity contribution is 0.288. The van der Waals surface area contributed by atoms with Gasteiger partial charge in [0.1, 0.15) is 5.82 Å². The van der Waals surface area contributed by atoms with E-state index in [9.17, 15) is 4.39 Å². The minimum Gasteiger partial charge on any atom is -0.311 e. The molecule has 142 valence electrons. The zero-order valence-electron chi connectivity index (χ0n) is 16.4. The van der Waals surface area contributed by atoms with Crippen molar-refractivity contribution in [2.75, 3.05) is 20.6 Å². The van der Waals surface area contributed by atoms with Crippen molar-refractivity contribution in [2.24, 2.45) is 0 Å². The molecule has 3 aromatic rings. The molecule has 0 spiro atoms. The minimum atomic E-state index is -0.238. The number of aryl methyl sites for hydroxylation is 1. The van der Waals surface area contributed by atoms with E-state index in [2.05, 4.69) is 60.6 Å². The van der Waals surface area contributed by atoms with Crippen molar-refractivity contribution in [2.45, 2.75) is 26.4 Å². The Labute approximate surface area is 160 Å². The van der Waals surface area contributed by atoms with Gasteiger partial charge in [-0.1, -0.05) is 30.3 Å². The van der Waals surface area contributed by atoms with Crippen LogP contribution in [0.25, 0.3) is 5.69 Å². The highest BCUT2D eigenvalue weighted by atomic mass is 19.1. The van der Waals surface area contributed by atoms with E-state index in [1.165, 1.54) is 23.3 Å². The Hall–Kier alpha value is -2.50. The molecule has 0 aliphatic carbocycles. The maximum absolute atomic E-state index is 13.2. The van der Waals surface area contributed by atoms with E-state index in [1.807, 2.05) is 17.7 Å². The van der Waals surface area contributed by atoms with Crippen molar-refractivity contribution in [1.29, 1.82) is 0 Å². The Kier molecular flexibility index (Phi) is 6.04. The summed E-state index contributed by atoms with van der Waals surface area (Å²) in [5.74, 6) is -0.238. The molecular weight excluding hydrogens is 339 g/mol. The van der Waals surface area contributed by atoms with E-state index in [0.717, 1.165) is 30.2 Å². The highest BCUT2D eigenvalue weighted by Gasteiger charge is 2.16. The monoisotopic (exact) mass is 366 g/mol. The van der Waals surface area contributed by atoms with Crippen molar-refractivity contribution in [3.63, 3.8) is 0 Å². The maximum Gasteiger partial charge on any atom is 0.123 e. The van der Waals surface area contributed by atoms with Gasteiger partial charge in [0, 0.05) is 30.4 Å². The molecule has 4 nitrogen and oxygen atoms in total. The molecule has 0 aliphatic heterocycles. The molecule has 0 amide bonds. The highest BCUT2D eigenvalue weighted by Crippen LogP contribution is 2.20. The Morgan fingerprint density at radius 2 is 1.70 bits per heavy atom. The fourth-order valence-electron chi connectivity index (χ4n) is 3.37. The van der Waals surface area contributed by atoms with Crippen LogP contribution in [0.2, 0.25) is 0 Å². The zero-order valence-corrected chi connectivity index (χ0v) is 16.4. The molecule has 3 rings (SSSR count). The Morgan fingerprint density at radius 1 is 1.04 bits per heavy atom. The number of benzene rings is 2. The van der Waals surface area contributed by atoms with Crippen LogP contribution in [0.5, 0.6) is 0 Å². The van der Waals surface area contributed by atoms with Crippen molar-refractivity contribution in [3.8, 4) is 5.69 Å². The van der Waals surface area contributed by atoms with E-state index in [1.54, 1.807) is 12.1 Å². The van der Waals surface area contributed by atoms with Gasteiger partial charge in [0.05, 0.1) is 11.4 Å². The van der Waals surface area contributed by atoms with Gasteiger partial charge in [0.2, 0.25) is 0 Å². The van der Waals surface area contributed by atoms with Crippen LogP contribution < -0.4 is 5.32 Å². The lowest BCUT2D eigenvalue weighted by atomic mass is 10.1. The minimum absolute atomic E-state index is 0.238. The number of aromatic nitrogens is 2. The summed E-state index contributed by atoms with van der Waals surface area (Å²) in [6.07, 6.45) is 0. The van der Waals surface area contributed by atoms with Crippen LogP contribution >= 0.6 is 0 Å². The molecule has 1 atom stereocenters. The predicted octanol–water partition coefficient (Wildman–Crippen LogP) is 4.02. The topological polar surface area (TPSA) is 33.1 Å². The summed E-state index contributed by atoms with van der Waals surface area (Å²) in [6.45, 7) is 5.67. The molecule has 1 N–H and O–H groups in total. The molecule has 1 heterocycles. The Bertz CT molecular complexity index is 869. The van der Waals surface area contributed by atoms with Gasteiger partial charge in [-0.05, 0) is 57.8 Å². The van der Waals surface area contributed by atoms with Gasteiger partial charge in [-0.25, -0.2) is 9.07 Å². The summed E-state index contributed by atoms with van der Waals surface area (Å²) in [4.78, 5) is 2.23. The third-order valence-electron chi connectivity index (χ3n) is 4.96. The molecule has 0 saturated carbocycles. The van der Waals surface area contributed by atoms with Crippen LogP contribution in [-0.4, -0.2) is 35.3 Å². The molecule has 0 bridgehead atoms. The molecule has 0 radical (unpaired) electrons. The number of halogens is 1. The van der Waals surface area contributed by atoms with Gasteiger partial charge in [0.15, 0.2) is 0 Å². The van der Waals surface area contributed by atoms with E-state index in [-0.39, 0.29) is 5.82 Å². The number of likely N-dealkylation sites (N-methyl/N-ethyl adjacent to an activating group) is 1. The summed E-state index contributed by atoms with van der Waals surface area (Å²) in [5, 5.41) is 8.23. The van der Waals surface area contributed by atoms with Gasteiger partial charge in [-0.2, -0.15) is 5.10 Å². The van der Waals surface area contributed by atoms with Crippen molar-refractivity contribution in [3.05, 3.63) is 82.9 Å². The molecular formula is C22H27FN4. The van der Waals surface area contributed by atoms with E-state index < -0.39 is 0 Å². The predicted molar refractivity (Wildman–Crippen MR) is 108 cm³/mol. The normalized spacial score (nSPS) is 12.5. The van der Waals surface area contributed by atoms with Crippen LogP contribution in [0.1, 0.15) is 28.6 Å². The summed E-state index contributed by atoms with van der Waals surface area (Å²) >= 11 is 0.